The van der Waals surface area contributed by atoms with E-state index in [1.54, 1.807) is 4.57 Å². The molecule has 8 nitrogen and oxygen atoms in total. The van der Waals surface area contributed by atoms with E-state index in [1.807, 2.05) is 0 Å². The van der Waals surface area contributed by atoms with Crippen LogP contribution in [0.3, 0.4) is 0 Å². The Morgan fingerprint density at radius 3 is 2.90 bits per heavy atom. The van der Waals surface area contributed by atoms with E-state index >= 15 is 0 Å². The van der Waals surface area contributed by atoms with Crippen molar-refractivity contribution >= 4 is 54.9 Å². The Labute approximate surface area is 149 Å². The van der Waals surface area contributed by atoms with Gasteiger partial charge in [-0.25, -0.2) is 4.98 Å². The molecule has 0 aromatic carbocycles. The number of nitrogens with one attached hydrogen (secondary N) is 1. The van der Waals surface area contributed by atoms with Crippen molar-refractivity contribution in [2.24, 2.45) is 5.92 Å². The summed E-state index contributed by atoms with van der Waals surface area (Å²) in [6, 6.07) is -0.366. The van der Waals surface area contributed by atoms with Gasteiger partial charge in [-0.2, -0.15) is 4.98 Å². The van der Waals surface area contributed by atoms with Crippen molar-refractivity contribution in [2.45, 2.75) is 18.6 Å². The summed E-state index contributed by atoms with van der Waals surface area (Å²) in [4.78, 5) is 22.1. The van der Waals surface area contributed by atoms with Crippen molar-refractivity contribution < 1.29 is 10.2 Å². The summed E-state index contributed by atoms with van der Waals surface area (Å²) >= 11 is 0. The fourth-order valence-corrected chi connectivity index (χ4v) is 2.70. The van der Waals surface area contributed by atoms with Gasteiger partial charge in [0, 0.05) is 0 Å². The summed E-state index contributed by atoms with van der Waals surface area (Å²) in [5.41, 5.74) is 6.11. The molecule has 9 heteroatoms. The average Bonchev–Trinajstić information content (AvgIpc) is 2.91. The molecule has 1 aliphatic rings. The molecule has 106 valence electrons. The van der Waals surface area contributed by atoms with Crippen LogP contribution in [0.1, 0.15) is 12.5 Å². The normalized spacial score (nSPS) is 25.2. The third-order valence-electron chi connectivity index (χ3n) is 3.77. The van der Waals surface area contributed by atoms with E-state index in [4.69, 9.17) is 5.73 Å². The number of fused-ring (bicyclic) bond motifs is 1. The molecule has 1 aliphatic carbocycles. The van der Waals surface area contributed by atoms with Gasteiger partial charge in [-0.1, -0.05) is 12.2 Å². The number of imidazole rings is 1. The molecule has 1 saturated carbocycles. The van der Waals surface area contributed by atoms with Crippen LogP contribution in [0.4, 0.5) is 5.95 Å². The molecule has 0 saturated heterocycles. The van der Waals surface area contributed by atoms with Crippen molar-refractivity contribution in [2.75, 3.05) is 12.3 Å². The van der Waals surface area contributed by atoms with Crippen molar-refractivity contribution in [3.05, 3.63) is 28.8 Å². The van der Waals surface area contributed by atoms with Crippen LogP contribution in [0.5, 0.6) is 0 Å². The van der Waals surface area contributed by atoms with Crippen LogP contribution < -0.4 is 21.5 Å². The summed E-state index contributed by atoms with van der Waals surface area (Å²) in [6.07, 6.45) is 0.690. The van der Waals surface area contributed by atoms with Gasteiger partial charge in [0.05, 0.1) is 12.4 Å². The number of rotatable bonds is 2. The van der Waals surface area contributed by atoms with E-state index in [0.29, 0.717) is 11.2 Å². The van der Waals surface area contributed by atoms with E-state index in [2.05, 4.69) is 21.5 Å². The number of nitrogens with two attached hydrogens (primary N) is 1. The van der Waals surface area contributed by atoms with Crippen LogP contribution in [-0.2, 0) is 0 Å². The van der Waals surface area contributed by atoms with Crippen LogP contribution in [0.15, 0.2) is 23.3 Å². The summed E-state index contributed by atoms with van der Waals surface area (Å²) in [5, 5.41) is 22.9. The van der Waals surface area contributed by atoms with Gasteiger partial charge in [0.25, 0.3) is 5.56 Å². The number of H-pyrrole nitrogens is 1. The van der Waals surface area contributed by atoms with Gasteiger partial charge >= 0.3 is 37.7 Å². The number of nitrogens with zero attached hydrogens (tertiary/aromatic N) is 3. The molecule has 0 amide bonds. The first kappa shape index (κ1) is 16.4. The zero-order valence-electron chi connectivity index (χ0n) is 11.3. The van der Waals surface area contributed by atoms with Gasteiger partial charge < -0.3 is 20.5 Å². The second-order valence-corrected chi connectivity index (χ2v) is 4.91. The van der Waals surface area contributed by atoms with Crippen molar-refractivity contribution in [3.63, 3.8) is 0 Å². The van der Waals surface area contributed by atoms with Gasteiger partial charge in [0.1, 0.15) is 0 Å². The minimum absolute atomic E-state index is 0. The number of aromatic amines is 1. The Balaban J connectivity index is 0.00000161. The Morgan fingerprint density at radius 1 is 1.57 bits per heavy atom. The first-order chi connectivity index (χ1) is 9.52. The number of aromatic nitrogens is 4. The predicted octanol–water partition coefficient (Wildman–Crippen LogP) is -2.47. The fraction of sp³-hybridized carbons (Fsp3) is 0.417. The molecule has 2 heterocycles. The van der Waals surface area contributed by atoms with E-state index in [9.17, 15) is 15.0 Å². The van der Waals surface area contributed by atoms with Crippen LogP contribution in [0, 0.1) is 5.92 Å². The van der Waals surface area contributed by atoms with Gasteiger partial charge in [0.2, 0.25) is 5.95 Å². The Hall–Kier alpha value is -0.930. The van der Waals surface area contributed by atoms with Gasteiger partial charge in [-0.15, -0.1) is 12.7 Å². The average molecular weight is 315 g/mol. The first-order valence-electron chi connectivity index (χ1n) is 6.18. The van der Waals surface area contributed by atoms with Gasteiger partial charge in [-0.3, -0.25) is 9.78 Å². The zero-order valence-corrected chi connectivity index (χ0v) is 13.5. The largest absolute Gasteiger partial charge is 2.00 e. The van der Waals surface area contributed by atoms with Gasteiger partial charge in [0.15, 0.2) is 11.2 Å². The minimum atomic E-state index is -0.984. The molecule has 3 atom stereocenters. The third-order valence-corrected chi connectivity index (χ3v) is 3.77. The van der Waals surface area contributed by atoms with E-state index < -0.39 is 24.2 Å². The Morgan fingerprint density at radius 2 is 2.29 bits per heavy atom. The standard InChI is InChI=1S/C12H13N5O3.Ca/c1-5-6(3-18)8(19)2-7(5)17-4-14-9-10(17)15-12(13)16-11(9)20;/h4,6-8H,1-3H2,(H3,13,15,16,20);/q-2;+2/t6-,7-,8-;/m0./s1. The molecule has 0 radical (unpaired) electrons. The summed E-state index contributed by atoms with van der Waals surface area (Å²) in [6.45, 7) is 3.37. The summed E-state index contributed by atoms with van der Waals surface area (Å²) in [7, 11) is 0. The molecule has 2 aromatic heterocycles. The maximum Gasteiger partial charge on any atom is 2.00 e. The number of hydrogen-bond donors (Lipinski definition) is 2. The Bertz CT molecular complexity index is 740. The molecule has 0 bridgehead atoms. The second-order valence-electron chi connectivity index (χ2n) is 4.91. The molecule has 1 fully saturated rings. The minimum Gasteiger partial charge on any atom is -0.854 e. The molecule has 0 unspecified atom stereocenters. The topological polar surface area (TPSA) is 136 Å². The third kappa shape index (κ3) is 2.62. The molecule has 3 N–H and O–H groups in total. The molecule has 3 rings (SSSR count). The zero-order chi connectivity index (χ0) is 14.4. The monoisotopic (exact) mass is 315 g/mol. The van der Waals surface area contributed by atoms with E-state index in [1.165, 1.54) is 6.33 Å². The maximum atomic E-state index is 11.9. The second kappa shape index (κ2) is 6.05. The molecular formula is C12H13CaN5O3. The van der Waals surface area contributed by atoms with E-state index in [-0.39, 0.29) is 61.7 Å². The van der Waals surface area contributed by atoms with Crippen molar-refractivity contribution in [1.82, 2.24) is 19.5 Å². The number of nitrogen functional groups attached to an aromatic ring is 1. The van der Waals surface area contributed by atoms with E-state index in [0.717, 1.165) is 0 Å². The van der Waals surface area contributed by atoms with Crippen LogP contribution in [-0.4, -0.2) is 70.0 Å². The van der Waals surface area contributed by atoms with Crippen LogP contribution in [0.25, 0.3) is 11.2 Å². The quantitative estimate of drug-likeness (QED) is 0.465. The van der Waals surface area contributed by atoms with Crippen LogP contribution >= 0.6 is 0 Å². The Kier molecular flexibility index (Phi) is 4.74. The summed E-state index contributed by atoms with van der Waals surface area (Å²) < 4.78 is 1.60. The number of hydrogen-bond acceptors (Lipinski definition) is 6. The first-order valence-corrected chi connectivity index (χ1v) is 6.18. The molecule has 0 spiro atoms. The van der Waals surface area contributed by atoms with Gasteiger partial charge in [-0.05, 0) is 12.3 Å². The molecular weight excluding hydrogens is 302 g/mol. The van der Waals surface area contributed by atoms with Crippen molar-refractivity contribution in [1.29, 1.82) is 0 Å². The molecule has 0 aliphatic heterocycles. The fourth-order valence-electron chi connectivity index (χ4n) is 2.70. The molecule has 21 heavy (non-hydrogen) atoms. The predicted molar refractivity (Wildman–Crippen MR) is 73.3 cm³/mol. The summed E-state index contributed by atoms with van der Waals surface area (Å²) in [5.74, 6) is -0.622. The molecule has 2 aromatic rings. The van der Waals surface area contributed by atoms with Crippen molar-refractivity contribution in [3.8, 4) is 0 Å². The number of anilines is 1. The van der Waals surface area contributed by atoms with Crippen LogP contribution in [0.2, 0.25) is 0 Å². The SMILES string of the molecule is C=C1[C@H](C[O-])[C@@H]([O-])C[C@@H]1n1cnc2c(=O)[nH]c(N)nc21.[Ca+2]. The smallest absolute Gasteiger partial charge is 0.854 e. The maximum absolute atomic E-state index is 11.9.